The monoisotopic (exact) mass is 304 g/mol. The van der Waals surface area contributed by atoms with Gasteiger partial charge in [0.05, 0.1) is 5.41 Å². The fourth-order valence-corrected chi connectivity index (χ4v) is 3.84. The Morgan fingerprint density at radius 3 is 2.80 bits per heavy atom. The molecule has 2 rings (SSSR count). The number of rotatable bonds is 4. The van der Waals surface area contributed by atoms with Gasteiger partial charge in [0.15, 0.2) is 0 Å². The highest BCUT2D eigenvalue weighted by Crippen LogP contribution is 2.50. The van der Waals surface area contributed by atoms with Gasteiger partial charge in [-0.25, -0.2) is 0 Å². The van der Waals surface area contributed by atoms with E-state index in [1.54, 1.807) is 0 Å². The maximum atomic E-state index is 12.3. The van der Waals surface area contributed by atoms with E-state index < -0.39 is 27.3 Å². The van der Waals surface area contributed by atoms with E-state index in [2.05, 4.69) is 0 Å². The lowest BCUT2D eigenvalue weighted by Crippen LogP contribution is -2.47. The highest BCUT2D eigenvalue weighted by molar-refractivity contribution is 7.85. The van der Waals surface area contributed by atoms with E-state index in [9.17, 15) is 18.0 Å². The van der Waals surface area contributed by atoms with Crippen LogP contribution in [0.1, 0.15) is 39.0 Å². The van der Waals surface area contributed by atoms with Crippen molar-refractivity contribution in [2.45, 2.75) is 39.0 Å². The van der Waals surface area contributed by atoms with Crippen LogP contribution in [0.15, 0.2) is 0 Å². The molecule has 3 atom stereocenters. The molecule has 0 spiro atoms. The maximum Gasteiger partial charge on any atom is 0.312 e. The summed E-state index contributed by atoms with van der Waals surface area (Å²) in [6.45, 7) is 1.49. The van der Waals surface area contributed by atoms with Crippen LogP contribution in [0.4, 0.5) is 0 Å². The van der Waals surface area contributed by atoms with Gasteiger partial charge in [-0.15, -0.1) is 0 Å². The number of fused-ring (bicyclic) bond motifs is 2. The van der Waals surface area contributed by atoms with Gasteiger partial charge in [0.1, 0.15) is 18.1 Å². The van der Waals surface area contributed by atoms with E-state index in [1.807, 2.05) is 6.92 Å². The summed E-state index contributed by atoms with van der Waals surface area (Å²) in [7, 11) is -4.12. The summed E-state index contributed by atoms with van der Waals surface area (Å²) in [5, 5.41) is 0. The normalized spacial score (nSPS) is 33.8. The van der Waals surface area contributed by atoms with Crippen LogP contribution in [0.2, 0.25) is 0 Å². The van der Waals surface area contributed by atoms with E-state index in [0.29, 0.717) is 19.3 Å². The van der Waals surface area contributed by atoms with Crippen molar-refractivity contribution in [3.8, 4) is 0 Å². The molecule has 0 aliphatic heterocycles. The molecule has 0 heterocycles. The van der Waals surface area contributed by atoms with Gasteiger partial charge >= 0.3 is 5.97 Å². The minimum atomic E-state index is -4.12. The van der Waals surface area contributed by atoms with Crippen molar-refractivity contribution in [3.63, 3.8) is 0 Å². The van der Waals surface area contributed by atoms with E-state index in [4.69, 9.17) is 9.29 Å². The standard InChI is InChI=1S/C13H20O6S/c1-9-7-13(4-2-3-10(8-13)11(9)14)12(15)19-5-6-20(16,17)18/h9-10H,2-8H2,1H3,(H,16,17,18). The Bertz CT molecular complexity index is 507. The lowest BCUT2D eigenvalue weighted by atomic mass is 9.58. The molecule has 2 fully saturated rings. The van der Waals surface area contributed by atoms with Crippen molar-refractivity contribution in [3.05, 3.63) is 0 Å². The lowest BCUT2D eigenvalue weighted by molar-refractivity contribution is -0.164. The number of hydrogen-bond acceptors (Lipinski definition) is 5. The van der Waals surface area contributed by atoms with Gasteiger partial charge in [-0.1, -0.05) is 13.3 Å². The zero-order chi connectivity index (χ0) is 15.0. The molecular weight excluding hydrogens is 284 g/mol. The second-order valence-electron chi connectivity index (χ2n) is 6.00. The molecule has 2 bridgehead atoms. The molecule has 2 aliphatic carbocycles. The Labute approximate surface area is 118 Å². The third-order valence-corrected chi connectivity index (χ3v) is 5.12. The van der Waals surface area contributed by atoms with Gasteiger partial charge in [-0.05, 0) is 25.7 Å². The highest BCUT2D eigenvalue weighted by atomic mass is 32.2. The predicted octanol–water partition coefficient (Wildman–Crippen LogP) is 1.20. The average Bonchev–Trinajstić information content (AvgIpc) is 2.35. The zero-order valence-corrected chi connectivity index (χ0v) is 12.3. The third-order valence-electron chi connectivity index (χ3n) is 4.44. The molecular formula is C13H20O6S. The number of carbonyl (C=O) groups is 2. The van der Waals surface area contributed by atoms with E-state index >= 15 is 0 Å². The van der Waals surface area contributed by atoms with E-state index in [1.165, 1.54) is 0 Å². The molecule has 0 aromatic heterocycles. The number of hydrogen-bond donors (Lipinski definition) is 1. The molecule has 0 aromatic rings. The first-order valence-corrected chi connectivity index (χ1v) is 8.50. The summed E-state index contributed by atoms with van der Waals surface area (Å²) < 4.78 is 34.9. The van der Waals surface area contributed by atoms with Crippen molar-refractivity contribution in [1.82, 2.24) is 0 Å². The Hall–Kier alpha value is -0.950. The molecule has 0 saturated heterocycles. The summed E-state index contributed by atoms with van der Waals surface area (Å²) in [4.78, 5) is 24.2. The second-order valence-corrected chi connectivity index (χ2v) is 7.58. The second kappa shape index (κ2) is 5.44. The third kappa shape index (κ3) is 3.20. The minimum absolute atomic E-state index is 0.0679. The van der Waals surface area contributed by atoms with Gasteiger partial charge in [0, 0.05) is 11.8 Å². The molecule has 0 aromatic carbocycles. The average molecular weight is 304 g/mol. The first-order valence-electron chi connectivity index (χ1n) is 6.90. The first-order chi connectivity index (χ1) is 9.23. The Kier molecular flexibility index (Phi) is 4.20. The van der Waals surface area contributed by atoms with Crippen LogP contribution in [0.3, 0.4) is 0 Å². The van der Waals surface area contributed by atoms with Crippen LogP contribution in [0.25, 0.3) is 0 Å². The summed E-state index contributed by atoms with van der Waals surface area (Å²) in [6.07, 6.45) is 3.32. The van der Waals surface area contributed by atoms with Crippen molar-refractivity contribution in [1.29, 1.82) is 0 Å². The number of ketones is 1. The molecule has 0 radical (unpaired) electrons. The molecule has 114 valence electrons. The molecule has 7 heteroatoms. The van der Waals surface area contributed by atoms with Crippen LogP contribution in [0, 0.1) is 17.3 Å². The van der Waals surface area contributed by atoms with Crippen LogP contribution in [0.5, 0.6) is 0 Å². The topological polar surface area (TPSA) is 97.7 Å². The molecule has 20 heavy (non-hydrogen) atoms. The number of carbonyl (C=O) groups excluding carboxylic acids is 2. The van der Waals surface area contributed by atoms with E-state index in [-0.39, 0.29) is 24.2 Å². The van der Waals surface area contributed by atoms with Crippen LogP contribution < -0.4 is 0 Å². The number of ether oxygens (including phenoxy) is 1. The van der Waals surface area contributed by atoms with Crippen molar-refractivity contribution >= 4 is 21.9 Å². The Balaban J connectivity index is 2.02. The zero-order valence-electron chi connectivity index (χ0n) is 11.5. The first kappa shape index (κ1) is 15.4. The van der Waals surface area contributed by atoms with Crippen LogP contribution in [-0.4, -0.2) is 37.1 Å². The Morgan fingerprint density at radius 1 is 1.45 bits per heavy atom. The predicted molar refractivity (Wildman–Crippen MR) is 70.6 cm³/mol. The van der Waals surface area contributed by atoms with Gasteiger partial charge in [-0.3, -0.25) is 14.1 Å². The molecule has 0 amide bonds. The number of Topliss-reactive ketones (excluding diaryl/α,β-unsaturated/α-hetero) is 1. The maximum absolute atomic E-state index is 12.3. The van der Waals surface area contributed by atoms with Gasteiger partial charge in [0.25, 0.3) is 10.1 Å². The quantitative estimate of drug-likeness (QED) is 0.619. The van der Waals surface area contributed by atoms with Gasteiger partial charge in [0.2, 0.25) is 0 Å². The minimum Gasteiger partial charge on any atom is -0.464 e. The molecule has 2 saturated carbocycles. The molecule has 6 nitrogen and oxygen atoms in total. The van der Waals surface area contributed by atoms with Crippen LogP contribution in [-0.2, 0) is 24.4 Å². The number of esters is 1. The summed E-state index contributed by atoms with van der Waals surface area (Å²) in [5.41, 5.74) is -0.643. The van der Waals surface area contributed by atoms with Gasteiger partial charge in [-0.2, -0.15) is 8.42 Å². The fraction of sp³-hybridized carbons (Fsp3) is 0.846. The van der Waals surface area contributed by atoms with Crippen molar-refractivity contribution < 1.29 is 27.3 Å². The van der Waals surface area contributed by atoms with Crippen molar-refractivity contribution in [2.24, 2.45) is 17.3 Å². The van der Waals surface area contributed by atoms with Gasteiger partial charge < -0.3 is 4.74 Å². The molecule has 1 N–H and O–H groups in total. The highest BCUT2D eigenvalue weighted by Gasteiger charge is 2.51. The largest absolute Gasteiger partial charge is 0.464 e. The van der Waals surface area contributed by atoms with Crippen molar-refractivity contribution in [2.75, 3.05) is 12.4 Å². The SMILES string of the molecule is CC1CC2(C(=O)OCCS(=O)(=O)O)CCCC(C2)C1=O. The molecule has 2 aliphatic rings. The van der Waals surface area contributed by atoms with E-state index in [0.717, 1.165) is 12.8 Å². The fourth-order valence-electron chi connectivity index (χ4n) is 3.54. The molecule has 3 unspecified atom stereocenters. The summed E-state index contributed by atoms with van der Waals surface area (Å²) >= 11 is 0. The lowest BCUT2D eigenvalue weighted by Gasteiger charge is -2.44. The summed E-state index contributed by atoms with van der Waals surface area (Å²) in [6, 6.07) is 0. The van der Waals surface area contributed by atoms with Crippen LogP contribution >= 0.6 is 0 Å². The smallest absolute Gasteiger partial charge is 0.312 e. The summed E-state index contributed by atoms with van der Waals surface area (Å²) in [5.74, 6) is -1.01. The Morgan fingerprint density at radius 2 is 2.15 bits per heavy atom.